The van der Waals surface area contributed by atoms with Crippen molar-refractivity contribution in [3.63, 3.8) is 0 Å². The van der Waals surface area contributed by atoms with E-state index in [1.807, 2.05) is 13.8 Å². The SMILES string of the molecule is CC(C)N(C(=N)N)C(N)=Nc1ccc(Cl)c(Cl)c1. The number of nitrogens with one attached hydrogen (secondary N) is 1. The van der Waals surface area contributed by atoms with E-state index < -0.39 is 0 Å². The fourth-order valence-electron chi connectivity index (χ4n) is 1.41. The molecule has 0 aliphatic rings. The Morgan fingerprint density at radius 1 is 1.28 bits per heavy atom. The molecule has 0 aliphatic carbocycles. The van der Waals surface area contributed by atoms with Crippen molar-refractivity contribution in [2.45, 2.75) is 19.9 Å². The number of rotatable bonds is 2. The van der Waals surface area contributed by atoms with Crippen LogP contribution in [0.2, 0.25) is 10.0 Å². The first-order valence-corrected chi connectivity index (χ1v) is 6.01. The van der Waals surface area contributed by atoms with Gasteiger partial charge in [-0.25, -0.2) is 4.99 Å². The number of aliphatic imine (C=N–C) groups is 1. The highest BCUT2D eigenvalue weighted by molar-refractivity contribution is 6.42. The van der Waals surface area contributed by atoms with E-state index in [1.54, 1.807) is 18.2 Å². The van der Waals surface area contributed by atoms with Crippen LogP contribution in [-0.2, 0) is 0 Å². The fourth-order valence-corrected chi connectivity index (χ4v) is 1.70. The lowest BCUT2D eigenvalue weighted by Crippen LogP contribution is -2.49. The van der Waals surface area contributed by atoms with Crippen LogP contribution in [-0.4, -0.2) is 22.9 Å². The Morgan fingerprint density at radius 2 is 1.89 bits per heavy atom. The van der Waals surface area contributed by atoms with Gasteiger partial charge in [0.25, 0.3) is 0 Å². The van der Waals surface area contributed by atoms with Gasteiger partial charge in [-0.15, -0.1) is 0 Å². The molecule has 0 amide bonds. The fraction of sp³-hybridized carbons (Fsp3) is 0.273. The van der Waals surface area contributed by atoms with Crippen LogP contribution in [0.3, 0.4) is 0 Å². The summed E-state index contributed by atoms with van der Waals surface area (Å²) in [5.74, 6) is -0.0257. The third-order valence-electron chi connectivity index (χ3n) is 2.17. The molecule has 98 valence electrons. The number of benzene rings is 1. The monoisotopic (exact) mass is 287 g/mol. The molecule has 0 saturated carbocycles. The summed E-state index contributed by atoms with van der Waals surface area (Å²) < 4.78 is 0. The van der Waals surface area contributed by atoms with Gasteiger partial charge in [0.1, 0.15) is 0 Å². The molecule has 0 saturated heterocycles. The first-order valence-electron chi connectivity index (χ1n) is 5.25. The average molecular weight is 288 g/mol. The third-order valence-corrected chi connectivity index (χ3v) is 2.91. The molecule has 7 heteroatoms. The van der Waals surface area contributed by atoms with Crippen LogP contribution in [0.4, 0.5) is 5.69 Å². The van der Waals surface area contributed by atoms with Crippen LogP contribution >= 0.6 is 23.2 Å². The molecule has 0 unspecified atom stereocenters. The molecule has 18 heavy (non-hydrogen) atoms. The number of halogens is 2. The average Bonchev–Trinajstić information content (AvgIpc) is 2.22. The van der Waals surface area contributed by atoms with Gasteiger partial charge in [0.05, 0.1) is 15.7 Å². The van der Waals surface area contributed by atoms with Gasteiger partial charge in [0, 0.05) is 6.04 Å². The molecule has 0 aromatic heterocycles. The van der Waals surface area contributed by atoms with Crippen LogP contribution in [0, 0.1) is 5.41 Å². The normalized spacial score (nSPS) is 11.7. The van der Waals surface area contributed by atoms with E-state index in [-0.39, 0.29) is 18.0 Å². The molecule has 0 atom stereocenters. The number of guanidine groups is 2. The second kappa shape index (κ2) is 5.93. The molecule has 0 spiro atoms. The standard InChI is InChI=1S/C11H15Cl2N5/c1-6(2)18(10(14)15)11(16)17-7-3-4-8(12)9(13)5-7/h3-6H,1-2H3,(H3,14,15)(H2,16,17). The Morgan fingerprint density at radius 3 is 2.33 bits per heavy atom. The van der Waals surface area contributed by atoms with Crippen LogP contribution < -0.4 is 11.5 Å². The van der Waals surface area contributed by atoms with Gasteiger partial charge in [-0.3, -0.25) is 10.3 Å². The zero-order valence-corrected chi connectivity index (χ0v) is 11.6. The van der Waals surface area contributed by atoms with E-state index in [0.29, 0.717) is 15.7 Å². The minimum atomic E-state index is -0.161. The number of nitrogens with zero attached hydrogens (tertiary/aromatic N) is 2. The van der Waals surface area contributed by atoms with Crippen molar-refractivity contribution in [1.29, 1.82) is 5.41 Å². The number of hydrogen-bond acceptors (Lipinski definition) is 2. The molecule has 1 aromatic carbocycles. The van der Waals surface area contributed by atoms with Gasteiger partial charge < -0.3 is 11.5 Å². The molecule has 0 aliphatic heterocycles. The maximum atomic E-state index is 7.45. The zero-order chi connectivity index (χ0) is 13.9. The summed E-state index contributed by atoms with van der Waals surface area (Å²) >= 11 is 11.7. The second-order valence-electron chi connectivity index (χ2n) is 3.92. The third kappa shape index (κ3) is 3.51. The Hall–Kier alpha value is -1.46. The van der Waals surface area contributed by atoms with E-state index in [0.717, 1.165) is 0 Å². The predicted octanol–water partition coefficient (Wildman–Crippen LogP) is 2.54. The van der Waals surface area contributed by atoms with Gasteiger partial charge in [-0.2, -0.15) is 0 Å². The molecule has 0 bridgehead atoms. The smallest absolute Gasteiger partial charge is 0.203 e. The molecule has 5 N–H and O–H groups in total. The number of nitrogens with two attached hydrogens (primary N) is 2. The van der Waals surface area contributed by atoms with Crippen molar-refractivity contribution in [2.75, 3.05) is 0 Å². The van der Waals surface area contributed by atoms with Crippen molar-refractivity contribution in [3.05, 3.63) is 28.2 Å². The van der Waals surface area contributed by atoms with Crippen molar-refractivity contribution in [3.8, 4) is 0 Å². The topological polar surface area (TPSA) is 91.5 Å². The molecule has 5 nitrogen and oxygen atoms in total. The van der Waals surface area contributed by atoms with Crippen molar-refractivity contribution in [1.82, 2.24) is 4.90 Å². The number of hydrogen-bond donors (Lipinski definition) is 3. The maximum Gasteiger partial charge on any atom is 0.203 e. The summed E-state index contributed by atoms with van der Waals surface area (Å²) in [6, 6.07) is 4.84. The molecular weight excluding hydrogens is 273 g/mol. The maximum absolute atomic E-state index is 7.45. The van der Waals surface area contributed by atoms with Crippen LogP contribution in [0.25, 0.3) is 0 Å². The van der Waals surface area contributed by atoms with Crippen molar-refractivity contribution >= 4 is 40.8 Å². The summed E-state index contributed by atoms with van der Waals surface area (Å²) in [5, 5.41) is 8.29. The zero-order valence-electron chi connectivity index (χ0n) is 10.1. The van der Waals surface area contributed by atoms with Crippen LogP contribution in [0.15, 0.2) is 23.2 Å². The highest BCUT2D eigenvalue weighted by Gasteiger charge is 2.15. The first-order chi connectivity index (χ1) is 8.32. The van der Waals surface area contributed by atoms with Gasteiger partial charge in [-0.05, 0) is 32.0 Å². The molecular formula is C11H15Cl2N5. The van der Waals surface area contributed by atoms with E-state index >= 15 is 0 Å². The largest absolute Gasteiger partial charge is 0.370 e. The molecule has 0 radical (unpaired) electrons. The summed E-state index contributed by atoms with van der Waals surface area (Å²) in [5.41, 5.74) is 11.8. The minimum absolute atomic E-state index is 0.0611. The minimum Gasteiger partial charge on any atom is -0.370 e. The summed E-state index contributed by atoms with van der Waals surface area (Å²) in [6.45, 7) is 3.72. The molecule has 0 heterocycles. The Balaban J connectivity index is 3.07. The Labute approximate surface area is 116 Å². The highest BCUT2D eigenvalue weighted by Crippen LogP contribution is 2.26. The van der Waals surface area contributed by atoms with Crippen molar-refractivity contribution in [2.24, 2.45) is 16.5 Å². The van der Waals surface area contributed by atoms with E-state index in [4.69, 9.17) is 40.1 Å². The predicted molar refractivity (Wildman–Crippen MR) is 76.6 cm³/mol. The summed E-state index contributed by atoms with van der Waals surface area (Å²) in [4.78, 5) is 5.57. The lowest BCUT2D eigenvalue weighted by molar-refractivity contribution is 0.488. The van der Waals surface area contributed by atoms with E-state index in [1.165, 1.54) is 4.90 Å². The first kappa shape index (κ1) is 14.6. The summed E-state index contributed by atoms with van der Waals surface area (Å²) in [6.07, 6.45) is 0. The van der Waals surface area contributed by atoms with Gasteiger partial charge >= 0.3 is 0 Å². The van der Waals surface area contributed by atoms with Gasteiger partial charge in [0.15, 0.2) is 5.96 Å². The van der Waals surface area contributed by atoms with Crippen LogP contribution in [0.5, 0.6) is 0 Å². The van der Waals surface area contributed by atoms with Crippen LogP contribution in [0.1, 0.15) is 13.8 Å². The molecule has 1 aromatic rings. The van der Waals surface area contributed by atoms with Gasteiger partial charge in [0.2, 0.25) is 5.96 Å². The molecule has 0 fully saturated rings. The van der Waals surface area contributed by atoms with Crippen molar-refractivity contribution < 1.29 is 0 Å². The van der Waals surface area contributed by atoms with E-state index in [9.17, 15) is 0 Å². The Kier molecular flexibility index (Phi) is 4.81. The second-order valence-corrected chi connectivity index (χ2v) is 4.73. The van der Waals surface area contributed by atoms with Gasteiger partial charge in [-0.1, -0.05) is 23.2 Å². The Bertz CT molecular complexity index is 484. The summed E-state index contributed by atoms with van der Waals surface area (Å²) in [7, 11) is 0. The van der Waals surface area contributed by atoms with E-state index in [2.05, 4.69) is 4.99 Å². The lowest BCUT2D eigenvalue weighted by Gasteiger charge is -2.25. The quantitative estimate of drug-likeness (QED) is 0.577. The highest BCUT2D eigenvalue weighted by atomic mass is 35.5. The lowest BCUT2D eigenvalue weighted by atomic mass is 10.3. The molecule has 1 rings (SSSR count).